The number of alkyl halides is 3. The van der Waals surface area contributed by atoms with Gasteiger partial charge in [0.1, 0.15) is 0 Å². The van der Waals surface area contributed by atoms with Crippen LogP contribution in [0, 0.1) is 13.8 Å². The van der Waals surface area contributed by atoms with Crippen molar-refractivity contribution in [2.45, 2.75) is 38.3 Å². The van der Waals surface area contributed by atoms with Gasteiger partial charge in [0.25, 0.3) is 5.91 Å². The third-order valence-corrected chi connectivity index (χ3v) is 6.50. The van der Waals surface area contributed by atoms with Gasteiger partial charge in [0.05, 0.1) is 16.5 Å². The average Bonchev–Trinajstić information content (AvgIpc) is 3.16. The van der Waals surface area contributed by atoms with Crippen LogP contribution >= 0.6 is 0 Å². The maximum Gasteiger partial charge on any atom is 0.416 e. The molecule has 2 amide bonds. The molecule has 0 bridgehead atoms. The maximum absolute atomic E-state index is 13.3. The number of hydrazine groups is 1. The van der Waals surface area contributed by atoms with Crippen molar-refractivity contribution in [3.63, 3.8) is 0 Å². The van der Waals surface area contributed by atoms with E-state index in [4.69, 9.17) is 4.74 Å². The number of amides is 2. The molecule has 2 N–H and O–H groups in total. The highest BCUT2D eigenvalue weighted by atomic mass is 19.4. The zero-order valence-electron chi connectivity index (χ0n) is 19.4. The van der Waals surface area contributed by atoms with Crippen molar-refractivity contribution in [2.75, 3.05) is 13.2 Å². The zero-order valence-corrected chi connectivity index (χ0v) is 19.4. The number of aromatic nitrogens is 1. The molecule has 35 heavy (non-hydrogen) atoms. The molecule has 1 fully saturated rings. The first-order valence-corrected chi connectivity index (χ1v) is 11.2. The second-order valence-electron chi connectivity index (χ2n) is 8.64. The van der Waals surface area contributed by atoms with Crippen molar-refractivity contribution in [3.05, 3.63) is 88.7 Å². The number of carbonyl (C=O) groups excluding carboxylic acids is 2. The largest absolute Gasteiger partial charge is 0.416 e. The number of carbonyl (C=O) groups is 2. The lowest BCUT2D eigenvalue weighted by molar-refractivity contribution is -0.138. The minimum absolute atomic E-state index is 0.193. The first-order valence-electron chi connectivity index (χ1n) is 11.2. The third-order valence-electron chi connectivity index (χ3n) is 6.50. The first kappa shape index (κ1) is 24.5. The summed E-state index contributed by atoms with van der Waals surface area (Å²) in [6, 6.07) is 16.0. The molecule has 4 rings (SSSR count). The van der Waals surface area contributed by atoms with Gasteiger partial charge in [-0.15, -0.1) is 0 Å². The lowest BCUT2D eigenvalue weighted by Crippen LogP contribution is -2.53. The van der Waals surface area contributed by atoms with Crippen molar-refractivity contribution in [1.82, 2.24) is 15.4 Å². The van der Waals surface area contributed by atoms with Gasteiger partial charge in [-0.25, -0.2) is 0 Å². The van der Waals surface area contributed by atoms with Gasteiger partial charge in [-0.3, -0.25) is 20.4 Å². The topological polar surface area (TPSA) is 72.4 Å². The monoisotopic (exact) mass is 485 g/mol. The van der Waals surface area contributed by atoms with Crippen LogP contribution in [0.2, 0.25) is 0 Å². The average molecular weight is 486 g/mol. The predicted molar refractivity (Wildman–Crippen MR) is 124 cm³/mol. The number of nitrogens with zero attached hydrogens (tertiary/aromatic N) is 1. The second kappa shape index (κ2) is 9.58. The van der Waals surface area contributed by atoms with Gasteiger partial charge < -0.3 is 9.30 Å². The van der Waals surface area contributed by atoms with Gasteiger partial charge in [0.15, 0.2) is 0 Å². The third kappa shape index (κ3) is 4.81. The number of hydrogen-bond donors (Lipinski definition) is 2. The Labute approximate surface area is 201 Å². The number of aryl methyl sites for hydroxylation is 1. The van der Waals surface area contributed by atoms with Crippen LogP contribution in [0.5, 0.6) is 0 Å². The Morgan fingerprint density at radius 3 is 2.29 bits per heavy atom. The summed E-state index contributed by atoms with van der Waals surface area (Å²) in [6.07, 6.45) is -4.15. The van der Waals surface area contributed by atoms with E-state index in [9.17, 15) is 22.8 Å². The molecule has 1 aromatic heterocycles. The van der Waals surface area contributed by atoms with E-state index in [0.717, 1.165) is 23.5 Å². The normalized spacial score (nSPS) is 15.5. The highest BCUT2D eigenvalue weighted by molar-refractivity contribution is 5.98. The molecule has 6 nitrogen and oxygen atoms in total. The van der Waals surface area contributed by atoms with Gasteiger partial charge in [-0.1, -0.05) is 36.4 Å². The summed E-state index contributed by atoms with van der Waals surface area (Å²) >= 11 is 0. The SMILES string of the molecule is Cc1cc(C(=O)NNC(=O)C2(c3cccc(C(F)(F)F)c3)CCOCC2)c(C)n1-c1ccccc1. The highest BCUT2D eigenvalue weighted by Crippen LogP contribution is 2.38. The van der Waals surface area contributed by atoms with Gasteiger partial charge in [0, 0.05) is 30.3 Å². The molecule has 0 saturated carbocycles. The standard InChI is InChI=1S/C26H26F3N3O3/c1-17-15-22(18(2)32(17)21-9-4-3-5-10-21)23(33)30-31-24(34)25(11-13-35-14-12-25)19-7-6-8-20(16-19)26(27,28)29/h3-10,15-16H,11-14H2,1-2H3,(H,30,33)(H,31,34). The Morgan fingerprint density at radius 1 is 0.943 bits per heavy atom. The molecule has 0 aliphatic carbocycles. The van der Waals surface area contributed by atoms with E-state index < -0.39 is 29.0 Å². The number of para-hydroxylation sites is 1. The summed E-state index contributed by atoms with van der Waals surface area (Å²) in [5.74, 6) is -1.09. The molecule has 3 aromatic rings. The number of benzene rings is 2. The van der Waals surface area contributed by atoms with E-state index in [1.807, 2.05) is 41.8 Å². The van der Waals surface area contributed by atoms with Crippen molar-refractivity contribution >= 4 is 11.8 Å². The van der Waals surface area contributed by atoms with Crippen LogP contribution in [-0.4, -0.2) is 29.6 Å². The predicted octanol–water partition coefficient (Wildman–Crippen LogP) is 4.62. The van der Waals surface area contributed by atoms with Crippen molar-refractivity contribution in [3.8, 4) is 5.69 Å². The number of ether oxygens (including phenoxy) is 1. The van der Waals surface area contributed by atoms with E-state index in [1.54, 1.807) is 13.0 Å². The van der Waals surface area contributed by atoms with Gasteiger partial charge in [0.2, 0.25) is 5.91 Å². The summed E-state index contributed by atoms with van der Waals surface area (Å²) in [4.78, 5) is 26.3. The Bertz CT molecular complexity index is 1230. The smallest absolute Gasteiger partial charge is 0.381 e. The summed E-state index contributed by atoms with van der Waals surface area (Å²) in [5, 5.41) is 0. The molecule has 0 unspecified atom stereocenters. The van der Waals surface area contributed by atoms with Crippen molar-refractivity contribution in [2.24, 2.45) is 0 Å². The first-order chi connectivity index (χ1) is 16.6. The summed E-state index contributed by atoms with van der Waals surface area (Å²) in [5.41, 5.74) is 5.89. The fourth-order valence-corrected chi connectivity index (χ4v) is 4.63. The summed E-state index contributed by atoms with van der Waals surface area (Å²) in [7, 11) is 0. The van der Waals surface area contributed by atoms with Crippen LogP contribution in [0.4, 0.5) is 13.2 Å². The second-order valence-corrected chi connectivity index (χ2v) is 8.64. The molecule has 9 heteroatoms. The van der Waals surface area contributed by atoms with Crippen LogP contribution < -0.4 is 10.9 Å². The molecule has 0 radical (unpaired) electrons. The minimum Gasteiger partial charge on any atom is -0.381 e. The Morgan fingerprint density at radius 2 is 1.63 bits per heavy atom. The molecule has 0 atom stereocenters. The lowest BCUT2D eigenvalue weighted by atomic mass is 9.73. The summed E-state index contributed by atoms with van der Waals surface area (Å²) in [6.45, 7) is 4.12. The van der Waals surface area contributed by atoms with Crippen LogP contribution in [0.25, 0.3) is 5.69 Å². The lowest BCUT2D eigenvalue weighted by Gasteiger charge is -2.36. The molecule has 0 spiro atoms. The Kier molecular flexibility index (Phi) is 6.71. The van der Waals surface area contributed by atoms with Crippen LogP contribution in [-0.2, 0) is 21.1 Å². The number of rotatable bonds is 4. The number of nitrogens with one attached hydrogen (secondary N) is 2. The fourth-order valence-electron chi connectivity index (χ4n) is 4.63. The molecule has 1 saturated heterocycles. The van der Waals surface area contributed by atoms with E-state index in [2.05, 4.69) is 10.9 Å². The molecule has 184 valence electrons. The van der Waals surface area contributed by atoms with E-state index in [0.29, 0.717) is 11.3 Å². The van der Waals surface area contributed by atoms with Gasteiger partial charge >= 0.3 is 6.18 Å². The number of hydrogen-bond acceptors (Lipinski definition) is 3. The van der Waals surface area contributed by atoms with Crippen LogP contribution in [0.1, 0.15) is 45.7 Å². The maximum atomic E-state index is 13.3. The molecule has 2 heterocycles. The van der Waals surface area contributed by atoms with Crippen LogP contribution in [0.15, 0.2) is 60.7 Å². The Hall–Kier alpha value is -3.59. The van der Waals surface area contributed by atoms with Crippen molar-refractivity contribution < 1.29 is 27.5 Å². The minimum atomic E-state index is -4.53. The zero-order chi connectivity index (χ0) is 25.2. The number of halogens is 3. The van der Waals surface area contributed by atoms with E-state index >= 15 is 0 Å². The fraction of sp³-hybridized carbons (Fsp3) is 0.308. The van der Waals surface area contributed by atoms with Gasteiger partial charge in [-0.2, -0.15) is 13.2 Å². The van der Waals surface area contributed by atoms with Crippen LogP contribution in [0.3, 0.4) is 0 Å². The Balaban J connectivity index is 1.56. The molecule has 1 aliphatic heterocycles. The molecule has 2 aromatic carbocycles. The van der Waals surface area contributed by atoms with Gasteiger partial charge in [-0.05, 0) is 56.5 Å². The van der Waals surface area contributed by atoms with E-state index in [1.165, 1.54) is 12.1 Å². The molecular formula is C26H26F3N3O3. The molecule has 1 aliphatic rings. The molecular weight excluding hydrogens is 459 g/mol. The quantitative estimate of drug-likeness (QED) is 0.530. The van der Waals surface area contributed by atoms with E-state index in [-0.39, 0.29) is 31.6 Å². The highest BCUT2D eigenvalue weighted by Gasteiger charge is 2.43. The van der Waals surface area contributed by atoms with Crippen molar-refractivity contribution in [1.29, 1.82) is 0 Å². The summed E-state index contributed by atoms with van der Waals surface area (Å²) < 4.78 is 47.2.